The molecule has 0 aliphatic carbocycles. The SMILES string of the molecule is COc1ccc2nccc(N3CCN(CCNCc4ccc5c(n4)NC(=O)CS5)CC3)c2c1.Cl. The van der Waals surface area contributed by atoms with Gasteiger partial charge >= 0.3 is 0 Å². The van der Waals surface area contributed by atoms with Crippen LogP contribution in [0.25, 0.3) is 10.9 Å². The molecular formula is C24H29ClN6O2S. The van der Waals surface area contributed by atoms with Crippen molar-refractivity contribution in [2.75, 3.05) is 62.3 Å². The maximum atomic E-state index is 11.6. The molecule has 1 saturated heterocycles. The molecule has 2 aliphatic heterocycles. The normalized spacial score (nSPS) is 16.0. The molecule has 0 saturated carbocycles. The Labute approximate surface area is 209 Å². The number of nitrogens with one attached hydrogen (secondary N) is 2. The van der Waals surface area contributed by atoms with Gasteiger partial charge in [0.25, 0.3) is 0 Å². The Bertz CT molecular complexity index is 1160. The molecule has 1 fully saturated rings. The van der Waals surface area contributed by atoms with Crippen LogP contribution in [0.1, 0.15) is 5.69 Å². The third kappa shape index (κ3) is 5.55. The van der Waals surface area contributed by atoms with E-state index in [0.717, 1.165) is 66.5 Å². The summed E-state index contributed by atoms with van der Waals surface area (Å²) in [6.07, 6.45) is 1.89. The lowest BCUT2D eigenvalue weighted by Crippen LogP contribution is -2.48. The number of nitrogens with zero attached hydrogens (tertiary/aromatic N) is 4. The van der Waals surface area contributed by atoms with Crippen molar-refractivity contribution < 1.29 is 9.53 Å². The molecule has 34 heavy (non-hydrogen) atoms. The fourth-order valence-electron chi connectivity index (χ4n) is 4.28. The molecule has 1 amide bonds. The minimum absolute atomic E-state index is 0. The highest BCUT2D eigenvalue weighted by Gasteiger charge is 2.19. The van der Waals surface area contributed by atoms with Gasteiger partial charge in [-0.05, 0) is 36.4 Å². The first-order valence-corrected chi connectivity index (χ1v) is 12.2. The van der Waals surface area contributed by atoms with Gasteiger partial charge in [-0.1, -0.05) is 0 Å². The molecule has 0 unspecified atom stereocenters. The number of halogens is 1. The van der Waals surface area contributed by atoms with Gasteiger partial charge in [-0.25, -0.2) is 4.98 Å². The van der Waals surface area contributed by atoms with Crippen LogP contribution >= 0.6 is 24.2 Å². The second kappa shape index (κ2) is 11.2. The van der Waals surface area contributed by atoms with Gasteiger partial charge in [-0.2, -0.15) is 0 Å². The van der Waals surface area contributed by atoms with E-state index < -0.39 is 0 Å². The molecule has 2 aromatic heterocycles. The van der Waals surface area contributed by atoms with Gasteiger partial charge in [-0.3, -0.25) is 14.7 Å². The largest absolute Gasteiger partial charge is 0.497 e. The summed E-state index contributed by atoms with van der Waals surface area (Å²) >= 11 is 1.54. The Morgan fingerprint density at radius 1 is 1.15 bits per heavy atom. The number of anilines is 2. The topological polar surface area (TPSA) is 82.6 Å². The summed E-state index contributed by atoms with van der Waals surface area (Å²) in [7, 11) is 1.70. The van der Waals surface area contributed by atoms with E-state index in [1.54, 1.807) is 7.11 Å². The van der Waals surface area contributed by atoms with Crippen molar-refractivity contribution in [1.82, 2.24) is 20.2 Å². The summed E-state index contributed by atoms with van der Waals surface area (Å²) in [6.45, 7) is 6.61. The highest BCUT2D eigenvalue weighted by Crippen LogP contribution is 2.30. The number of pyridine rings is 2. The van der Waals surface area contributed by atoms with Crippen LogP contribution in [0.5, 0.6) is 5.75 Å². The maximum Gasteiger partial charge on any atom is 0.235 e. The molecule has 0 bridgehead atoms. The number of methoxy groups -OCH3 is 1. The van der Waals surface area contributed by atoms with E-state index in [1.165, 1.54) is 17.4 Å². The number of thioether (sulfide) groups is 1. The first-order chi connectivity index (χ1) is 16.2. The van der Waals surface area contributed by atoms with Gasteiger partial charge in [-0.15, -0.1) is 24.2 Å². The third-order valence-corrected chi connectivity index (χ3v) is 7.13. The smallest absolute Gasteiger partial charge is 0.235 e. The van der Waals surface area contributed by atoms with Crippen LogP contribution in [-0.4, -0.2) is 72.9 Å². The van der Waals surface area contributed by atoms with Crippen LogP contribution < -0.4 is 20.3 Å². The van der Waals surface area contributed by atoms with Gasteiger partial charge in [0.15, 0.2) is 0 Å². The number of hydrogen-bond donors (Lipinski definition) is 2. The lowest BCUT2D eigenvalue weighted by Gasteiger charge is -2.36. The van der Waals surface area contributed by atoms with Gasteiger partial charge < -0.3 is 20.3 Å². The van der Waals surface area contributed by atoms with E-state index in [9.17, 15) is 4.79 Å². The molecule has 0 atom stereocenters. The Kier molecular flexibility index (Phi) is 8.10. The molecule has 8 nitrogen and oxygen atoms in total. The standard InChI is InChI=1S/C24H28N6O2S.ClH/c1-32-18-3-4-20-19(14-18)21(6-7-26-20)30-12-10-29(11-13-30)9-8-25-15-17-2-5-22-24(27-17)28-23(31)16-33-22;/h2-7,14,25H,8-13,15-16H2,1H3,(H,27,28,31);1H. The molecule has 1 aromatic carbocycles. The first-order valence-electron chi connectivity index (χ1n) is 11.2. The van der Waals surface area contributed by atoms with E-state index in [2.05, 4.69) is 42.5 Å². The van der Waals surface area contributed by atoms with Gasteiger partial charge in [0, 0.05) is 63.1 Å². The zero-order chi connectivity index (χ0) is 22.6. The molecule has 4 heterocycles. The number of amides is 1. The summed E-state index contributed by atoms with van der Waals surface area (Å²) < 4.78 is 5.42. The molecular weight excluding hydrogens is 472 g/mol. The molecule has 2 N–H and O–H groups in total. The van der Waals surface area contributed by atoms with Gasteiger partial charge in [0.05, 0.1) is 29.0 Å². The average molecular weight is 501 g/mol. The molecule has 2 aliphatic rings. The van der Waals surface area contributed by atoms with E-state index in [-0.39, 0.29) is 18.3 Å². The second-order valence-corrected chi connectivity index (χ2v) is 9.22. The van der Waals surface area contributed by atoms with E-state index in [1.807, 2.05) is 30.5 Å². The number of rotatable bonds is 7. The number of hydrogen-bond acceptors (Lipinski definition) is 8. The number of benzene rings is 1. The molecule has 180 valence electrons. The monoisotopic (exact) mass is 500 g/mol. The average Bonchev–Trinajstić information content (AvgIpc) is 2.86. The lowest BCUT2D eigenvalue weighted by atomic mass is 10.1. The summed E-state index contributed by atoms with van der Waals surface area (Å²) in [5.74, 6) is 2.03. The second-order valence-electron chi connectivity index (χ2n) is 8.20. The van der Waals surface area contributed by atoms with Crippen molar-refractivity contribution in [3.63, 3.8) is 0 Å². The molecule has 3 aromatic rings. The Morgan fingerprint density at radius 3 is 2.82 bits per heavy atom. The van der Waals surface area contributed by atoms with Crippen LogP contribution in [-0.2, 0) is 11.3 Å². The minimum atomic E-state index is 0. The highest BCUT2D eigenvalue weighted by atomic mass is 35.5. The first kappa shape index (κ1) is 24.5. The number of fused-ring (bicyclic) bond motifs is 2. The Balaban J connectivity index is 0.00000274. The van der Waals surface area contributed by atoms with Gasteiger partial charge in [0.1, 0.15) is 11.6 Å². The summed E-state index contributed by atoms with van der Waals surface area (Å²) in [6, 6.07) is 12.2. The third-order valence-electron chi connectivity index (χ3n) is 6.08. The number of aromatic nitrogens is 2. The van der Waals surface area contributed by atoms with Crippen LogP contribution in [0.2, 0.25) is 0 Å². The van der Waals surface area contributed by atoms with Crippen molar-refractivity contribution in [2.45, 2.75) is 11.4 Å². The zero-order valence-electron chi connectivity index (χ0n) is 19.1. The quantitative estimate of drug-likeness (QED) is 0.479. The van der Waals surface area contributed by atoms with Crippen LogP contribution in [0, 0.1) is 0 Å². The zero-order valence-corrected chi connectivity index (χ0v) is 20.8. The van der Waals surface area contributed by atoms with Crippen molar-refractivity contribution >= 4 is 52.5 Å². The minimum Gasteiger partial charge on any atom is -0.497 e. The number of carbonyl (C=O) groups excluding carboxylic acids is 1. The van der Waals surface area contributed by atoms with E-state index >= 15 is 0 Å². The van der Waals surface area contributed by atoms with Crippen LogP contribution in [0.4, 0.5) is 11.5 Å². The van der Waals surface area contributed by atoms with Crippen LogP contribution in [0.3, 0.4) is 0 Å². The Hall–Kier alpha value is -2.59. The fraction of sp³-hybridized carbons (Fsp3) is 0.375. The maximum absolute atomic E-state index is 11.6. The summed E-state index contributed by atoms with van der Waals surface area (Å²) in [4.78, 5) is 26.6. The van der Waals surface area contributed by atoms with E-state index in [0.29, 0.717) is 18.1 Å². The highest BCUT2D eigenvalue weighted by molar-refractivity contribution is 8.00. The fourth-order valence-corrected chi connectivity index (χ4v) is 5.04. The van der Waals surface area contributed by atoms with Crippen molar-refractivity contribution in [3.8, 4) is 5.75 Å². The van der Waals surface area contributed by atoms with Crippen LogP contribution in [0.15, 0.2) is 47.5 Å². The Morgan fingerprint density at radius 2 is 2.00 bits per heavy atom. The number of ether oxygens (including phenoxy) is 1. The van der Waals surface area contributed by atoms with Crippen molar-refractivity contribution in [1.29, 1.82) is 0 Å². The number of carbonyl (C=O) groups is 1. The molecule has 10 heteroatoms. The molecule has 5 rings (SSSR count). The molecule has 0 spiro atoms. The number of piperazine rings is 1. The van der Waals surface area contributed by atoms with Gasteiger partial charge in [0.2, 0.25) is 5.91 Å². The predicted molar refractivity (Wildman–Crippen MR) is 139 cm³/mol. The molecule has 0 radical (unpaired) electrons. The lowest BCUT2D eigenvalue weighted by molar-refractivity contribution is -0.113. The summed E-state index contributed by atoms with van der Waals surface area (Å²) in [5, 5.41) is 7.48. The predicted octanol–water partition coefficient (Wildman–Crippen LogP) is 3.02. The van der Waals surface area contributed by atoms with Crippen molar-refractivity contribution in [2.24, 2.45) is 0 Å². The van der Waals surface area contributed by atoms with E-state index in [4.69, 9.17) is 4.74 Å². The summed E-state index contributed by atoms with van der Waals surface area (Å²) in [5.41, 5.74) is 3.16. The van der Waals surface area contributed by atoms with Crippen molar-refractivity contribution in [3.05, 3.63) is 48.3 Å².